The molecule has 0 radical (unpaired) electrons. The van der Waals surface area contributed by atoms with Gasteiger partial charge in [-0.2, -0.15) is 9.41 Å². The molecule has 3 aromatic rings. The van der Waals surface area contributed by atoms with Crippen molar-refractivity contribution in [1.82, 2.24) is 14.7 Å². The molecule has 2 aromatic carbocycles. The Hall–Kier alpha value is -2.97. The molecule has 0 saturated carbocycles. The Morgan fingerprint density at radius 1 is 1.19 bits per heavy atom. The minimum atomic E-state index is -3.73. The maximum absolute atomic E-state index is 12.5. The van der Waals surface area contributed by atoms with Crippen LogP contribution >= 0.6 is 0 Å². The molecule has 0 atom stereocenters. The van der Waals surface area contributed by atoms with Crippen molar-refractivity contribution < 1.29 is 13.2 Å². The lowest BCUT2D eigenvalue weighted by Crippen LogP contribution is -2.36. The van der Waals surface area contributed by atoms with Gasteiger partial charge in [0.1, 0.15) is 0 Å². The predicted octanol–water partition coefficient (Wildman–Crippen LogP) is 2.25. The first kappa shape index (κ1) is 18.8. The number of nitrogens with zero attached hydrogens (tertiary/aromatic N) is 2. The highest BCUT2D eigenvalue weighted by Crippen LogP contribution is 2.16. The Labute approximate surface area is 157 Å². The third-order valence-electron chi connectivity index (χ3n) is 4.11. The van der Waals surface area contributed by atoms with E-state index >= 15 is 0 Å². The fourth-order valence-electron chi connectivity index (χ4n) is 2.59. The van der Waals surface area contributed by atoms with Crippen LogP contribution in [0.2, 0.25) is 0 Å². The number of para-hydroxylation sites is 1. The van der Waals surface area contributed by atoms with Crippen LogP contribution in [0.4, 0.5) is 0 Å². The summed E-state index contributed by atoms with van der Waals surface area (Å²) >= 11 is 0. The number of benzene rings is 2. The summed E-state index contributed by atoms with van der Waals surface area (Å²) in [4.78, 5) is 15.3. The summed E-state index contributed by atoms with van der Waals surface area (Å²) in [7, 11) is -2.37. The third kappa shape index (κ3) is 4.24. The molecule has 140 valence electrons. The van der Waals surface area contributed by atoms with Crippen LogP contribution < -0.4 is 5.43 Å². The Morgan fingerprint density at radius 2 is 1.89 bits per heavy atom. The number of nitrogens with one attached hydrogen (secondary N) is 2. The van der Waals surface area contributed by atoms with E-state index in [1.807, 2.05) is 31.2 Å². The van der Waals surface area contributed by atoms with Gasteiger partial charge in [0.15, 0.2) is 0 Å². The highest BCUT2D eigenvalue weighted by Gasteiger charge is 2.22. The topological polar surface area (TPSA) is 94.6 Å². The van der Waals surface area contributed by atoms with Gasteiger partial charge in [-0.3, -0.25) is 4.79 Å². The monoisotopic (exact) mass is 384 g/mol. The van der Waals surface area contributed by atoms with Crippen molar-refractivity contribution in [3.05, 3.63) is 65.9 Å². The van der Waals surface area contributed by atoms with Gasteiger partial charge in [0, 0.05) is 29.7 Å². The predicted molar refractivity (Wildman–Crippen MR) is 105 cm³/mol. The first-order valence-corrected chi connectivity index (χ1v) is 9.73. The number of rotatable bonds is 6. The van der Waals surface area contributed by atoms with Crippen molar-refractivity contribution in [3.8, 4) is 0 Å². The zero-order valence-corrected chi connectivity index (χ0v) is 15.8. The number of sulfonamides is 1. The van der Waals surface area contributed by atoms with Gasteiger partial charge in [0.05, 0.1) is 17.7 Å². The van der Waals surface area contributed by atoms with Gasteiger partial charge in [-0.05, 0) is 25.1 Å². The van der Waals surface area contributed by atoms with Gasteiger partial charge >= 0.3 is 0 Å². The first-order valence-electron chi connectivity index (χ1n) is 8.29. The summed E-state index contributed by atoms with van der Waals surface area (Å²) in [6.45, 7) is 1.54. The molecule has 0 bridgehead atoms. The molecule has 0 aliphatic heterocycles. The van der Waals surface area contributed by atoms with E-state index in [0.29, 0.717) is 0 Å². The normalized spacial score (nSPS) is 12.1. The second-order valence-electron chi connectivity index (χ2n) is 6.16. The molecule has 0 fully saturated rings. The van der Waals surface area contributed by atoms with Crippen LogP contribution in [0.25, 0.3) is 10.9 Å². The summed E-state index contributed by atoms with van der Waals surface area (Å²) in [6, 6.07) is 14.2. The van der Waals surface area contributed by atoms with Crippen molar-refractivity contribution in [2.24, 2.45) is 5.10 Å². The van der Waals surface area contributed by atoms with E-state index in [4.69, 9.17) is 0 Å². The number of aromatic nitrogens is 1. The van der Waals surface area contributed by atoms with E-state index < -0.39 is 15.9 Å². The lowest BCUT2D eigenvalue weighted by molar-refractivity contribution is -0.121. The van der Waals surface area contributed by atoms with Crippen LogP contribution in [0, 0.1) is 6.92 Å². The number of carbonyl (C=O) groups excluding carboxylic acids is 1. The molecule has 0 spiro atoms. The largest absolute Gasteiger partial charge is 0.361 e. The van der Waals surface area contributed by atoms with Gasteiger partial charge in [-0.15, -0.1) is 0 Å². The van der Waals surface area contributed by atoms with Crippen LogP contribution in [-0.4, -0.2) is 43.4 Å². The molecule has 0 saturated heterocycles. The van der Waals surface area contributed by atoms with Crippen molar-refractivity contribution in [2.75, 3.05) is 13.6 Å². The van der Waals surface area contributed by atoms with Crippen molar-refractivity contribution >= 4 is 33.0 Å². The standard InChI is InChI=1S/C19H20N4O3S/c1-14-7-9-16(10-8-14)27(25,26)23(2)13-19(24)22-21-12-15-11-20-18-6-4-3-5-17(15)18/h3-12,20H,13H2,1-2H3,(H,22,24). The number of hydrogen-bond donors (Lipinski definition) is 2. The number of hydrogen-bond acceptors (Lipinski definition) is 4. The summed E-state index contributed by atoms with van der Waals surface area (Å²) < 4.78 is 26.0. The minimum Gasteiger partial charge on any atom is -0.361 e. The smallest absolute Gasteiger partial charge is 0.255 e. The fourth-order valence-corrected chi connectivity index (χ4v) is 3.71. The van der Waals surface area contributed by atoms with Gasteiger partial charge in [-0.25, -0.2) is 13.8 Å². The number of aryl methyl sites for hydroxylation is 1. The Balaban J connectivity index is 1.62. The van der Waals surface area contributed by atoms with E-state index in [2.05, 4.69) is 15.5 Å². The maximum Gasteiger partial charge on any atom is 0.255 e. The van der Waals surface area contributed by atoms with E-state index in [0.717, 1.165) is 26.3 Å². The Kier molecular flexibility index (Phi) is 5.38. The number of carbonyl (C=O) groups is 1. The summed E-state index contributed by atoms with van der Waals surface area (Å²) in [5.74, 6) is -0.524. The van der Waals surface area contributed by atoms with Crippen molar-refractivity contribution in [2.45, 2.75) is 11.8 Å². The number of likely N-dealkylation sites (N-methyl/N-ethyl adjacent to an activating group) is 1. The van der Waals surface area contributed by atoms with Crippen molar-refractivity contribution in [1.29, 1.82) is 0 Å². The zero-order chi connectivity index (χ0) is 19.4. The second kappa shape index (κ2) is 7.73. The summed E-state index contributed by atoms with van der Waals surface area (Å²) in [5, 5.41) is 4.90. The number of fused-ring (bicyclic) bond motifs is 1. The minimum absolute atomic E-state index is 0.144. The maximum atomic E-state index is 12.5. The quantitative estimate of drug-likeness (QED) is 0.504. The highest BCUT2D eigenvalue weighted by molar-refractivity contribution is 7.89. The first-order chi connectivity index (χ1) is 12.9. The fraction of sp³-hybridized carbons (Fsp3) is 0.158. The molecular formula is C19H20N4O3S. The second-order valence-corrected chi connectivity index (χ2v) is 8.20. The van der Waals surface area contributed by atoms with Crippen LogP contribution in [0.15, 0.2) is 64.7 Å². The van der Waals surface area contributed by atoms with Crippen molar-refractivity contribution in [3.63, 3.8) is 0 Å². The van der Waals surface area contributed by atoms with E-state index in [9.17, 15) is 13.2 Å². The zero-order valence-electron chi connectivity index (χ0n) is 15.0. The van der Waals surface area contributed by atoms with Gasteiger partial charge < -0.3 is 4.98 Å². The van der Waals surface area contributed by atoms with E-state index in [-0.39, 0.29) is 11.4 Å². The van der Waals surface area contributed by atoms with Gasteiger partial charge in [-0.1, -0.05) is 35.9 Å². The lowest BCUT2D eigenvalue weighted by Gasteiger charge is -2.16. The Morgan fingerprint density at radius 3 is 2.63 bits per heavy atom. The number of aromatic amines is 1. The van der Waals surface area contributed by atoms with Crippen LogP contribution in [-0.2, 0) is 14.8 Å². The van der Waals surface area contributed by atoms with Gasteiger partial charge in [0.2, 0.25) is 10.0 Å². The van der Waals surface area contributed by atoms with E-state index in [1.54, 1.807) is 18.3 Å². The molecule has 8 heteroatoms. The highest BCUT2D eigenvalue weighted by atomic mass is 32.2. The molecule has 1 amide bonds. The molecule has 0 aliphatic carbocycles. The average Bonchev–Trinajstić information content (AvgIpc) is 3.05. The number of hydrazone groups is 1. The molecule has 1 aromatic heterocycles. The van der Waals surface area contributed by atoms with Gasteiger partial charge in [0.25, 0.3) is 5.91 Å². The number of amides is 1. The Bertz CT molecular complexity index is 1090. The molecule has 0 aliphatic rings. The molecular weight excluding hydrogens is 364 g/mol. The average molecular weight is 384 g/mol. The lowest BCUT2D eigenvalue weighted by atomic mass is 10.2. The summed E-state index contributed by atoms with van der Waals surface area (Å²) in [5.41, 5.74) is 5.11. The molecule has 3 rings (SSSR count). The molecule has 0 unspecified atom stereocenters. The van der Waals surface area contributed by atoms with Crippen LogP contribution in [0.1, 0.15) is 11.1 Å². The SMILES string of the molecule is Cc1ccc(S(=O)(=O)N(C)CC(=O)NN=Cc2c[nH]c3ccccc23)cc1. The number of H-pyrrole nitrogens is 1. The van der Waals surface area contributed by atoms with E-state index in [1.165, 1.54) is 25.4 Å². The molecule has 7 nitrogen and oxygen atoms in total. The third-order valence-corrected chi connectivity index (χ3v) is 5.93. The molecule has 2 N–H and O–H groups in total. The van der Waals surface area contributed by atoms with Crippen LogP contribution in [0.5, 0.6) is 0 Å². The summed E-state index contributed by atoms with van der Waals surface area (Å²) in [6.07, 6.45) is 3.31. The molecule has 27 heavy (non-hydrogen) atoms. The van der Waals surface area contributed by atoms with Crippen LogP contribution in [0.3, 0.4) is 0 Å². The molecule has 1 heterocycles.